The Labute approximate surface area is 181 Å². The van der Waals surface area contributed by atoms with E-state index in [1.807, 2.05) is 42.5 Å². The van der Waals surface area contributed by atoms with Crippen LogP contribution in [0.5, 0.6) is 0 Å². The van der Waals surface area contributed by atoms with E-state index in [4.69, 9.17) is 25.7 Å². The number of pyridine rings is 1. The molecule has 4 aromatic rings. The van der Waals surface area contributed by atoms with Crippen LogP contribution >= 0.6 is 23.1 Å². The zero-order valence-corrected chi connectivity index (χ0v) is 17.4. The van der Waals surface area contributed by atoms with E-state index in [0.29, 0.717) is 15.6 Å². The minimum absolute atomic E-state index is 0.0192. The molecule has 150 valence electrons. The largest absolute Gasteiger partial charge is 0.465 e. The molecule has 0 amide bonds. The second-order valence-electron chi connectivity index (χ2n) is 6.94. The monoisotopic (exact) mass is 437 g/mol. The van der Waals surface area contributed by atoms with Crippen LogP contribution in [0.2, 0.25) is 4.34 Å². The fourth-order valence-electron chi connectivity index (χ4n) is 3.74. The van der Waals surface area contributed by atoms with Crippen LogP contribution in [0.25, 0.3) is 22.6 Å². The van der Waals surface area contributed by atoms with Crippen molar-refractivity contribution in [1.82, 2.24) is 14.6 Å². The number of para-hydroxylation sites is 1. The minimum Gasteiger partial charge on any atom is -0.465 e. The van der Waals surface area contributed by atoms with Gasteiger partial charge in [0.15, 0.2) is 0 Å². The van der Waals surface area contributed by atoms with Crippen molar-refractivity contribution in [1.29, 1.82) is 0 Å². The molecule has 3 heterocycles. The van der Waals surface area contributed by atoms with Gasteiger partial charge in [-0.15, -0.1) is 5.10 Å². The number of hydrogen-bond donors (Lipinski definition) is 0. The van der Waals surface area contributed by atoms with E-state index in [9.17, 15) is 4.79 Å². The van der Waals surface area contributed by atoms with Gasteiger partial charge in [-0.05, 0) is 54.7 Å². The highest BCUT2D eigenvalue weighted by molar-refractivity contribution is 7.10. The number of hydrogen-bond acceptors (Lipinski definition) is 7. The maximum absolute atomic E-state index is 13.2. The molecule has 0 atom stereocenters. The summed E-state index contributed by atoms with van der Waals surface area (Å²) in [5.41, 5.74) is 4.56. The highest BCUT2D eigenvalue weighted by Gasteiger charge is 2.26. The number of nitrogens with zero attached hydrogens (tertiary/aromatic N) is 3. The summed E-state index contributed by atoms with van der Waals surface area (Å²) >= 11 is 7.11. The molecule has 0 fully saturated rings. The van der Waals surface area contributed by atoms with Crippen LogP contribution < -0.4 is 0 Å². The van der Waals surface area contributed by atoms with Gasteiger partial charge in [0.25, 0.3) is 0 Å². The van der Waals surface area contributed by atoms with Crippen LogP contribution in [0.1, 0.15) is 45.9 Å². The van der Waals surface area contributed by atoms with E-state index in [-0.39, 0.29) is 6.61 Å². The molecule has 0 saturated heterocycles. The van der Waals surface area contributed by atoms with Crippen molar-refractivity contribution in [2.75, 3.05) is 0 Å². The smallest absolute Gasteiger partial charge is 0.339 e. The van der Waals surface area contributed by atoms with E-state index in [0.717, 1.165) is 64.3 Å². The highest BCUT2D eigenvalue weighted by atomic mass is 35.5. The lowest BCUT2D eigenvalue weighted by Crippen LogP contribution is -2.15. The number of carbonyl (C=O) groups is 1. The Morgan fingerprint density at radius 3 is 2.93 bits per heavy atom. The van der Waals surface area contributed by atoms with Gasteiger partial charge in [0.1, 0.15) is 22.4 Å². The van der Waals surface area contributed by atoms with E-state index in [1.165, 1.54) is 0 Å². The Bertz CT molecular complexity index is 1260. The van der Waals surface area contributed by atoms with Crippen molar-refractivity contribution in [3.8, 4) is 0 Å². The first-order valence-corrected chi connectivity index (χ1v) is 10.7. The van der Waals surface area contributed by atoms with Gasteiger partial charge in [-0.3, -0.25) is 0 Å². The number of aromatic nitrogens is 3. The lowest BCUT2D eigenvalue weighted by atomic mass is 9.86. The number of furan rings is 1. The average Bonchev–Trinajstić information content (AvgIpc) is 3.42. The number of rotatable bonds is 4. The summed E-state index contributed by atoms with van der Waals surface area (Å²) in [7, 11) is 0. The first kappa shape index (κ1) is 19.0. The molecule has 6 nitrogen and oxygen atoms in total. The molecule has 1 aliphatic rings. The molecular formula is C22H16ClN3O3S. The number of allylic oxidation sites excluding steroid dienone is 1. The van der Waals surface area contributed by atoms with Gasteiger partial charge in [-0.2, -0.15) is 0 Å². The van der Waals surface area contributed by atoms with E-state index in [1.54, 1.807) is 6.26 Å². The fourth-order valence-corrected chi connectivity index (χ4v) is 4.34. The first-order valence-electron chi connectivity index (χ1n) is 9.50. The zero-order valence-electron chi connectivity index (χ0n) is 15.8. The molecule has 0 N–H and O–H groups in total. The molecule has 8 heteroatoms. The van der Waals surface area contributed by atoms with Gasteiger partial charge in [0.2, 0.25) is 0 Å². The summed E-state index contributed by atoms with van der Waals surface area (Å²) in [6.45, 7) is -0.0192. The number of halogens is 1. The van der Waals surface area contributed by atoms with Gasteiger partial charge in [-0.1, -0.05) is 34.3 Å². The number of ether oxygens (including phenoxy) is 1. The normalized spacial score (nSPS) is 14.8. The van der Waals surface area contributed by atoms with Crippen LogP contribution in [0, 0.1) is 0 Å². The van der Waals surface area contributed by atoms with Crippen molar-refractivity contribution in [2.45, 2.75) is 25.9 Å². The van der Waals surface area contributed by atoms with E-state index < -0.39 is 5.97 Å². The van der Waals surface area contributed by atoms with Crippen LogP contribution in [-0.2, 0) is 17.8 Å². The molecule has 0 spiro atoms. The predicted molar refractivity (Wildman–Crippen MR) is 115 cm³/mol. The Morgan fingerprint density at radius 1 is 1.23 bits per heavy atom. The average molecular weight is 438 g/mol. The van der Waals surface area contributed by atoms with Crippen LogP contribution in [0.15, 0.2) is 47.1 Å². The number of esters is 1. The minimum atomic E-state index is -0.409. The standard InChI is InChI=1S/C22H16ClN3O3S/c23-21-18(25-26-30-21)12-29-22(27)19-15-7-1-2-9-17(15)24-20-13(5-3-8-16(19)20)11-14-6-4-10-28-14/h1-2,4,6-7,9-11H,3,5,8,12H2. The first-order chi connectivity index (χ1) is 14.7. The lowest BCUT2D eigenvalue weighted by Gasteiger charge is -2.22. The van der Waals surface area contributed by atoms with Crippen LogP contribution in [0.4, 0.5) is 0 Å². The zero-order chi connectivity index (χ0) is 20.5. The molecule has 3 aromatic heterocycles. The Balaban J connectivity index is 1.60. The van der Waals surface area contributed by atoms with Gasteiger partial charge in [-0.25, -0.2) is 9.78 Å². The molecule has 0 aliphatic heterocycles. The SMILES string of the molecule is O=C(OCc1nnsc1Cl)c1c2c(nc3ccccc13)C(=Cc1ccco1)CCC2. The lowest BCUT2D eigenvalue weighted by molar-refractivity contribution is 0.0468. The fraction of sp³-hybridized carbons (Fsp3) is 0.182. The second-order valence-corrected chi connectivity index (χ2v) is 8.30. The topological polar surface area (TPSA) is 78.1 Å². The Hall–Kier alpha value is -3.03. The molecule has 5 rings (SSSR count). The van der Waals surface area contributed by atoms with Crippen molar-refractivity contribution in [2.24, 2.45) is 0 Å². The summed E-state index contributed by atoms with van der Waals surface area (Å²) in [4.78, 5) is 18.1. The molecule has 0 unspecified atom stereocenters. The molecular weight excluding hydrogens is 422 g/mol. The molecule has 1 aromatic carbocycles. The van der Waals surface area contributed by atoms with E-state index in [2.05, 4.69) is 9.59 Å². The quantitative estimate of drug-likeness (QED) is 0.388. The summed E-state index contributed by atoms with van der Waals surface area (Å²) in [6.07, 6.45) is 6.18. The van der Waals surface area contributed by atoms with Crippen LogP contribution in [-0.4, -0.2) is 20.5 Å². The summed E-state index contributed by atoms with van der Waals surface area (Å²) in [5, 5.41) is 4.69. The molecule has 0 radical (unpaired) electrons. The number of benzene rings is 1. The number of carbonyl (C=O) groups excluding carboxylic acids is 1. The maximum Gasteiger partial charge on any atom is 0.339 e. The predicted octanol–water partition coefficient (Wildman–Crippen LogP) is 5.57. The van der Waals surface area contributed by atoms with Gasteiger partial charge in [0, 0.05) is 16.9 Å². The second kappa shape index (κ2) is 8.01. The number of fused-ring (bicyclic) bond motifs is 2. The van der Waals surface area contributed by atoms with Crippen molar-refractivity contribution < 1.29 is 13.9 Å². The van der Waals surface area contributed by atoms with Crippen molar-refractivity contribution >= 4 is 51.7 Å². The molecule has 1 aliphatic carbocycles. The molecule has 30 heavy (non-hydrogen) atoms. The van der Waals surface area contributed by atoms with Crippen molar-refractivity contribution in [3.63, 3.8) is 0 Å². The maximum atomic E-state index is 13.2. The Kier molecular flexibility index (Phi) is 5.06. The third kappa shape index (κ3) is 3.51. The summed E-state index contributed by atoms with van der Waals surface area (Å²) < 4.78 is 15.3. The van der Waals surface area contributed by atoms with Crippen LogP contribution in [0.3, 0.4) is 0 Å². The summed E-state index contributed by atoms with van der Waals surface area (Å²) in [5.74, 6) is 0.357. The van der Waals surface area contributed by atoms with E-state index >= 15 is 0 Å². The third-order valence-electron chi connectivity index (χ3n) is 5.08. The third-order valence-corrected chi connectivity index (χ3v) is 6.07. The molecule has 0 bridgehead atoms. The van der Waals surface area contributed by atoms with Gasteiger partial charge < -0.3 is 9.15 Å². The van der Waals surface area contributed by atoms with Crippen molar-refractivity contribution in [3.05, 3.63) is 75.3 Å². The molecule has 0 saturated carbocycles. The van der Waals surface area contributed by atoms with Gasteiger partial charge >= 0.3 is 5.97 Å². The Morgan fingerprint density at radius 2 is 2.13 bits per heavy atom. The summed E-state index contributed by atoms with van der Waals surface area (Å²) in [6, 6.07) is 11.4. The highest BCUT2D eigenvalue weighted by Crippen LogP contribution is 2.36. The van der Waals surface area contributed by atoms with Gasteiger partial charge in [0.05, 0.1) is 23.0 Å².